The van der Waals surface area contributed by atoms with Gasteiger partial charge in [0.05, 0.1) is 19.8 Å². The second-order valence-electron chi connectivity index (χ2n) is 9.32. The van der Waals surface area contributed by atoms with Crippen molar-refractivity contribution in [2.45, 2.75) is 71.4 Å². The molecule has 1 saturated heterocycles. The Morgan fingerprint density at radius 1 is 1.19 bits per heavy atom. The van der Waals surface area contributed by atoms with E-state index < -0.39 is 29.9 Å². The maximum Gasteiger partial charge on any atom is 0.333 e. The number of benzene rings is 1. The summed E-state index contributed by atoms with van der Waals surface area (Å²) in [7, 11) is 1.56. The molecule has 3 unspecified atom stereocenters. The van der Waals surface area contributed by atoms with Gasteiger partial charge in [-0.25, -0.2) is 4.79 Å². The number of allylic oxidation sites excluding steroid dienone is 1. The Kier molecular flexibility index (Phi) is 8.31. The number of aliphatic hydroxyl groups is 1. The van der Waals surface area contributed by atoms with E-state index in [4.69, 9.17) is 18.9 Å². The highest BCUT2D eigenvalue weighted by Gasteiger charge is 2.34. The molecule has 0 spiro atoms. The van der Waals surface area contributed by atoms with Gasteiger partial charge in [-0.3, -0.25) is 4.79 Å². The topological polar surface area (TPSA) is 112 Å². The van der Waals surface area contributed by atoms with Crippen molar-refractivity contribution in [2.75, 3.05) is 13.7 Å². The molecule has 2 N–H and O–H groups in total. The van der Waals surface area contributed by atoms with Crippen LogP contribution in [0.2, 0.25) is 0 Å². The molecule has 1 heterocycles. The zero-order chi connectivity index (χ0) is 24.1. The lowest BCUT2D eigenvalue weighted by Gasteiger charge is -2.31. The molecule has 178 valence electrons. The zero-order valence-electron chi connectivity index (χ0n) is 19.6. The van der Waals surface area contributed by atoms with Crippen LogP contribution in [0, 0.1) is 5.41 Å². The molecule has 1 aromatic carbocycles. The first kappa shape index (κ1) is 25.7. The first-order valence-electron chi connectivity index (χ1n) is 10.6. The number of carbonyl (C=O) groups is 2. The summed E-state index contributed by atoms with van der Waals surface area (Å²) in [5, 5.41) is 19.1. The fourth-order valence-electron chi connectivity index (χ4n) is 3.38. The van der Waals surface area contributed by atoms with Crippen LogP contribution in [0.3, 0.4) is 0 Å². The highest BCUT2D eigenvalue weighted by Crippen LogP contribution is 2.37. The third kappa shape index (κ3) is 7.24. The summed E-state index contributed by atoms with van der Waals surface area (Å²) in [5.41, 5.74) is 0.183. The fraction of sp³-hybridized carbons (Fsp3) is 0.583. The van der Waals surface area contributed by atoms with Crippen LogP contribution in [-0.4, -0.2) is 54.4 Å². The molecule has 0 bridgehead atoms. The normalized spacial score (nSPS) is 21.9. The lowest BCUT2D eigenvalue weighted by atomic mass is 9.81. The second-order valence-corrected chi connectivity index (χ2v) is 9.32. The number of aliphatic carboxylic acids is 1. The van der Waals surface area contributed by atoms with Crippen molar-refractivity contribution in [3.8, 4) is 11.5 Å². The molecular formula is C24H34O8. The van der Waals surface area contributed by atoms with Gasteiger partial charge in [0.25, 0.3) is 0 Å². The van der Waals surface area contributed by atoms with E-state index in [2.05, 4.69) is 0 Å². The van der Waals surface area contributed by atoms with Crippen molar-refractivity contribution in [3.63, 3.8) is 0 Å². The predicted molar refractivity (Wildman–Crippen MR) is 118 cm³/mol. The van der Waals surface area contributed by atoms with Crippen molar-refractivity contribution < 1.29 is 38.7 Å². The molecule has 0 saturated carbocycles. The van der Waals surface area contributed by atoms with Gasteiger partial charge in [-0.15, -0.1) is 0 Å². The van der Waals surface area contributed by atoms with Crippen LogP contribution in [0.15, 0.2) is 30.4 Å². The van der Waals surface area contributed by atoms with Crippen molar-refractivity contribution in [1.82, 2.24) is 0 Å². The third-order valence-corrected chi connectivity index (χ3v) is 5.28. The van der Waals surface area contributed by atoms with Crippen LogP contribution in [0.5, 0.6) is 11.5 Å². The SMILES string of the molecule is COc1cc(OC2CC(O)CC(C(=O)O)O2)ccc1C(C)(C)/C=C/C(C)(C)COC(C)=O. The molecule has 1 aliphatic heterocycles. The monoisotopic (exact) mass is 450 g/mol. The first-order valence-corrected chi connectivity index (χ1v) is 10.6. The number of esters is 1. The van der Waals surface area contributed by atoms with E-state index in [1.54, 1.807) is 19.2 Å². The van der Waals surface area contributed by atoms with Crippen LogP contribution in [0.4, 0.5) is 0 Å². The number of hydrogen-bond donors (Lipinski definition) is 2. The number of carboxylic acid groups (broad SMARTS) is 1. The van der Waals surface area contributed by atoms with E-state index in [-0.39, 0.29) is 30.8 Å². The molecule has 2 rings (SSSR count). The van der Waals surface area contributed by atoms with Crippen molar-refractivity contribution in [2.24, 2.45) is 5.41 Å². The minimum atomic E-state index is -1.13. The Balaban J connectivity index is 2.17. The summed E-state index contributed by atoms with van der Waals surface area (Å²) in [4.78, 5) is 22.3. The number of ether oxygens (including phenoxy) is 4. The van der Waals surface area contributed by atoms with Crippen LogP contribution in [0.1, 0.15) is 53.0 Å². The largest absolute Gasteiger partial charge is 0.496 e. The first-order chi connectivity index (χ1) is 14.8. The van der Waals surface area contributed by atoms with Gasteiger partial charge in [0.1, 0.15) is 11.5 Å². The molecular weight excluding hydrogens is 416 g/mol. The fourth-order valence-corrected chi connectivity index (χ4v) is 3.38. The molecule has 8 heteroatoms. The Bertz CT molecular complexity index is 842. The maximum absolute atomic E-state index is 11.2. The summed E-state index contributed by atoms with van der Waals surface area (Å²) >= 11 is 0. The number of aliphatic hydroxyl groups excluding tert-OH is 1. The van der Waals surface area contributed by atoms with E-state index in [0.29, 0.717) is 11.5 Å². The maximum atomic E-state index is 11.2. The standard InChI is InChI=1S/C24H34O8/c1-15(25)30-14-23(2,3)9-10-24(4,5)18-8-7-17(13-19(18)29-6)31-21-12-16(26)11-20(32-21)22(27)28/h7-10,13,16,20-21,26H,11-12,14H2,1-6H3,(H,27,28)/b10-9+. The van der Waals surface area contributed by atoms with Gasteiger partial charge in [0.2, 0.25) is 6.29 Å². The van der Waals surface area contributed by atoms with Crippen molar-refractivity contribution in [3.05, 3.63) is 35.9 Å². The van der Waals surface area contributed by atoms with Crippen LogP contribution in [-0.2, 0) is 24.5 Å². The van der Waals surface area contributed by atoms with Gasteiger partial charge < -0.3 is 29.2 Å². The number of carboxylic acids is 1. The van der Waals surface area contributed by atoms with Crippen LogP contribution < -0.4 is 9.47 Å². The molecule has 0 amide bonds. The average Bonchev–Trinajstić information content (AvgIpc) is 2.70. The number of methoxy groups -OCH3 is 1. The molecule has 1 aromatic rings. The van der Waals surface area contributed by atoms with Crippen molar-refractivity contribution >= 4 is 11.9 Å². The highest BCUT2D eigenvalue weighted by atomic mass is 16.7. The summed E-state index contributed by atoms with van der Waals surface area (Å²) in [6.45, 7) is 9.73. The van der Waals surface area contributed by atoms with E-state index in [1.165, 1.54) is 6.92 Å². The molecule has 8 nitrogen and oxygen atoms in total. The summed E-state index contributed by atoms with van der Waals surface area (Å²) < 4.78 is 22.0. The molecule has 1 fully saturated rings. The quantitative estimate of drug-likeness (QED) is 0.435. The van der Waals surface area contributed by atoms with E-state index in [1.807, 2.05) is 45.9 Å². The summed E-state index contributed by atoms with van der Waals surface area (Å²) in [6, 6.07) is 5.36. The minimum Gasteiger partial charge on any atom is -0.496 e. The molecule has 0 aliphatic carbocycles. The Morgan fingerprint density at radius 2 is 1.88 bits per heavy atom. The zero-order valence-corrected chi connectivity index (χ0v) is 19.6. The van der Waals surface area contributed by atoms with E-state index in [0.717, 1.165) is 5.56 Å². The Hall–Kier alpha value is -2.58. The van der Waals surface area contributed by atoms with Gasteiger partial charge in [-0.1, -0.05) is 45.9 Å². The van der Waals surface area contributed by atoms with E-state index in [9.17, 15) is 19.8 Å². The number of hydrogen-bond acceptors (Lipinski definition) is 7. The highest BCUT2D eigenvalue weighted by molar-refractivity contribution is 5.72. The van der Waals surface area contributed by atoms with Crippen LogP contribution in [0.25, 0.3) is 0 Å². The molecule has 1 aliphatic rings. The smallest absolute Gasteiger partial charge is 0.333 e. The van der Waals surface area contributed by atoms with Gasteiger partial charge in [-0.2, -0.15) is 0 Å². The molecule has 32 heavy (non-hydrogen) atoms. The minimum absolute atomic E-state index is 0.0335. The third-order valence-electron chi connectivity index (χ3n) is 5.28. The van der Waals surface area contributed by atoms with Crippen molar-refractivity contribution in [1.29, 1.82) is 0 Å². The van der Waals surface area contributed by atoms with E-state index >= 15 is 0 Å². The van der Waals surface area contributed by atoms with Gasteiger partial charge >= 0.3 is 11.9 Å². The Morgan fingerprint density at radius 3 is 2.47 bits per heavy atom. The van der Waals surface area contributed by atoms with Gasteiger partial charge in [0.15, 0.2) is 6.10 Å². The summed E-state index contributed by atoms with van der Waals surface area (Å²) in [6.07, 6.45) is 1.49. The molecule has 0 aromatic heterocycles. The van der Waals surface area contributed by atoms with Crippen LogP contribution >= 0.6 is 0 Å². The molecule has 0 radical (unpaired) electrons. The molecule has 3 atom stereocenters. The number of rotatable bonds is 9. The predicted octanol–water partition coefficient (Wildman–Crippen LogP) is 3.45. The van der Waals surface area contributed by atoms with Gasteiger partial charge in [0, 0.05) is 42.2 Å². The average molecular weight is 451 g/mol. The summed E-state index contributed by atoms with van der Waals surface area (Å²) in [5.74, 6) is -0.396. The van der Waals surface area contributed by atoms with Gasteiger partial charge in [-0.05, 0) is 6.07 Å². The lowest BCUT2D eigenvalue weighted by Crippen LogP contribution is -2.42. The second kappa shape index (κ2) is 10.4. The lowest BCUT2D eigenvalue weighted by molar-refractivity contribution is -0.195. The Labute approximate surface area is 189 Å². The number of carbonyl (C=O) groups excluding carboxylic acids is 1.